The molecule has 1 rings (SSSR count). The lowest BCUT2D eigenvalue weighted by Crippen LogP contribution is -2.35. The number of carbonyl (C=O) groups is 2. The van der Waals surface area contributed by atoms with Crippen LogP contribution in [-0.2, 0) is 20.6 Å². The van der Waals surface area contributed by atoms with E-state index in [-0.39, 0.29) is 10.2 Å². The molecule has 0 spiro atoms. The fraction of sp³-hybridized carbons (Fsp3) is 0.286. The molecule has 0 aromatic heterocycles. The number of rotatable bonds is 4. The van der Waals surface area contributed by atoms with Gasteiger partial charge in [-0.2, -0.15) is 0 Å². The minimum atomic E-state index is -1.20. The van der Waals surface area contributed by atoms with E-state index < -0.39 is 23.4 Å². The van der Waals surface area contributed by atoms with Gasteiger partial charge in [0, 0.05) is 6.07 Å². The number of hydrogen-bond donors (Lipinski definition) is 4. The van der Waals surface area contributed by atoms with E-state index in [1.165, 1.54) is 14.2 Å². The maximum absolute atomic E-state index is 12.0. The lowest BCUT2D eigenvalue weighted by molar-refractivity contribution is 0.176. The molecule has 1 unspecified atom stereocenters. The summed E-state index contributed by atoms with van der Waals surface area (Å²) in [7, 11) is 2.41. The first-order valence-electron chi connectivity index (χ1n) is 7.15. The smallest absolute Gasteiger partial charge is 0.413 e. The van der Waals surface area contributed by atoms with Gasteiger partial charge in [-0.15, -0.1) is 0 Å². The van der Waals surface area contributed by atoms with E-state index in [2.05, 4.69) is 30.7 Å². The van der Waals surface area contributed by atoms with E-state index in [1.54, 1.807) is 25.1 Å². The van der Waals surface area contributed by atoms with Gasteiger partial charge in [0.25, 0.3) is 0 Å². The average molecular weight is 419 g/mol. The lowest BCUT2D eigenvalue weighted by atomic mass is 10.2. The fourth-order valence-electron chi connectivity index (χ4n) is 1.64. The van der Waals surface area contributed by atoms with Crippen LogP contribution in [0.25, 0.3) is 0 Å². The molecule has 0 radical (unpaired) electrons. The van der Waals surface area contributed by atoms with Crippen LogP contribution in [0, 0.1) is 0 Å². The second-order valence-corrected chi connectivity index (χ2v) is 7.04. The molecule has 0 heterocycles. The van der Waals surface area contributed by atoms with E-state index in [9.17, 15) is 14.1 Å². The van der Waals surface area contributed by atoms with Crippen molar-refractivity contribution in [3.8, 4) is 0 Å². The van der Waals surface area contributed by atoms with Crippen molar-refractivity contribution >= 4 is 69.4 Å². The van der Waals surface area contributed by atoms with Gasteiger partial charge in [-0.05, 0) is 54.7 Å². The molecule has 0 aliphatic rings. The minimum Gasteiger partial charge on any atom is -0.611 e. The quantitative estimate of drug-likeness (QED) is 0.429. The van der Waals surface area contributed by atoms with Crippen molar-refractivity contribution in [2.45, 2.75) is 11.8 Å². The van der Waals surface area contributed by atoms with Crippen molar-refractivity contribution < 1.29 is 23.6 Å². The Morgan fingerprint density at radius 2 is 1.54 bits per heavy atom. The number of carbonyl (C=O) groups excluding carboxylic acids is 2. The van der Waals surface area contributed by atoms with Crippen LogP contribution in [0.15, 0.2) is 23.1 Å². The first-order valence-corrected chi connectivity index (χ1v) is 9.28. The summed E-state index contributed by atoms with van der Waals surface area (Å²) in [4.78, 5) is 23.0. The molecule has 0 saturated heterocycles. The first-order chi connectivity index (χ1) is 12.3. The number of anilines is 2. The summed E-state index contributed by atoms with van der Waals surface area (Å²) in [5.41, 5.74) is 0.817. The Hall–Kier alpha value is -2.15. The molecular formula is C14H18N4O5S3. The van der Waals surface area contributed by atoms with E-state index >= 15 is 0 Å². The molecule has 12 heteroatoms. The number of ether oxygens (including phenoxy) is 2. The Bertz CT molecular complexity index is 701. The van der Waals surface area contributed by atoms with Gasteiger partial charge in [0.2, 0.25) is 0 Å². The molecule has 0 aliphatic heterocycles. The highest BCUT2D eigenvalue weighted by Crippen LogP contribution is 2.26. The standard InChI is InChI=1S/C14H18N4O5S3/c1-4-26(21)8-5-6-9(15-11(24)17-13(19)22-2)10(7-8)16-12(25)18-14(20)23-3/h5-7H,4H2,1-3H3,(H2,15,17,19,24)(H2,16,18,20,25). The van der Waals surface area contributed by atoms with Crippen LogP contribution < -0.4 is 21.3 Å². The summed E-state index contributed by atoms with van der Waals surface area (Å²) in [6.07, 6.45) is -1.48. The summed E-state index contributed by atoms with van der Waals surface area (Å²) >= 11 is 8.84. The van der Waals surface area contributed by atoms with E-state index in [1.807, 2.05) is 0 Å². The molecule has 0 aliphatic carbocycles. The Labute approximate surface area is 164 Å². The molecule has 0 fully saturated rings. The van der Waals surface area contributed by atoms with Crippen LogP contribution in [0.1, 0.15) is 6.92 Å². The van der Waals surface area contributed by atoms with Gasteiger partial charge in [0.15, 0.2) is 15.1 Å². The second kappa shape index (κ2) is 10.8. The zero-order valence-corrected chi connectivity index (χ0v) is 16.7. The summed E-state index contributed by atoms with van der Waals surface area (Å²) in [6.45, 7) is 1.79. The topological polar surface area (TPSA) is 124 Å². The van der Waals surface area contributed by atoms with Gasteiger partial charge < -0.3 is 24.7 Å². The molecule has 142 valence electrons. The minimum absolute atomic E-state index is 0.0175. The molecule has 1 atom stereocenters. The van der Waals surface area contributed by atoms with Crippen LogP contribution >= 0.6 is 24.4 Å². The van der Waals surface area contributed by atoms with Crippen molar-refractivity contribution in [2.75, 3.05) is 30.6 Å². The zero-order chi connectivity index (χ0) is 19.7. The molecule has 0 saturated carbocycles. The molecule has 9 nitrogen and oxygen atoms in total. The fourth-order valence-corrected chi connectivity index (χ4v) is 2.83. The van der Waals surface area contributed by atoms with E-state index in [0.29, 0.717) is 22.0 Å². The van der Waals surface area contributed by atoms with Crippen molar-refractivity contribution in [2.24, 2.45) is 0 Å². The number of thiocarbonyl (C=S) groups is 2. The van der Waals surface area contributed by atoms with Crippen molar-refractivity contribution in [3.63, 3.8) is 0 Å². The number of benzene rings is 1. The maximum atomic E-state index is 12.0. The van der Waals surface area contributed by atoms with Crippen molar-refractivity contribution in [1.82, 2.24) is 10.6 Å². The van der Waals surface area contributed by atoms with Crippen LogP contribution in [0.2, 0.25) is 0 Å². The molecule has 26 heavy (non-hydrogen) atoms. The van der Waals surface area contributed by atoms with Crippen molar-refractivity contribution in [1.29, 1.82) is 0 Å². The number of alkyl carbamates (subject to hydrolysis) is 2. The molecule has 1 aromatic carbocycles. The first kappa shape index (κ1) is 21.9. The summed E-state index contributed by atoms with van der Waals surface area (Å²) < 4.78 is 21.0. The molecule has 1 aromatic rings. The SMILES string of the molecule is CC[S+]([O-])c1ccc(NC(=S)NC(=O)OC)c(NC(=S)NC(=O)OC)c1. The monoisotopic (exact) mass is 418 g/mol. The lowest BCUT2D eigenvalue weighted by Gasteiger charge is -2.17. The van der Waals surface area contributed by atoms with Crippen LogP contribution in [-0.4, -0.2) is 46.9 Å². The van der Waals surface area contributed by atoms with Crippen molar-refractivity contribution in [3.05, 3.63) is 18.2 Å². The number of methoxy groups -OCH3 is 2. The van der Waals surface area contributed by atoms with Gasteiger partial charge in [-0.3, -0.25) is 10.6 Å². The Kier molecular flexibility index (Phi) is 9.05. The van der Waals surface area contributed by atoms with Gasteiger partial charge in [0.1, 0.15) is 5.75 Å². The number of nitrogens with one attached hydrogen (secondary N) is 4. The summed E-state index contributed by atoms with van der Waals surface area (Å²) in [6, 6.07) is 4.84. The number of amides is 2. The van der Waals surface area contributed by atoms with Gasteiger partial charge in [-0.1, -0.05) is 0 Å². The molecule has 2 amide bonds. The molecule has 0 bridgehead atoms. The van der Waals surface area contributed by atoms with Gasteiger partial charge in [-0.25, -0.2) is 9.59 Å². The Morgan fingerprint density at radius 3 is 2.00 bits per heavy atom. The van der Waals surface area contributed by atoms with Gasteiger partial charge in [0.05, 0.1) is 25.6 Å². The van der Waals surface area contributed by atoms with E-state index in [4.69, 9.17) is 24.4 Å². The Balaban J connectivity index is 3.03. The second-order valence-electron chi connectivity index (χ2n) is 4.48. The third-order valence-electron chi connectivity index (χ3n) is 2.81. The Morgan fingerprint density at radius 1 is 1.04 bits per heavy atom. The van der Waals surface area contributed by atoms with Gasteiger partial charge >= 0.3 is 12.2 Å². The third-order valence-corrected chi connectivity index (χ3v) is 4.53. The predicted octanol–water partition coefficient (Wildman–Crippen LogP) is 1.92. The largest absolute Gasteiger partial charge is 0.611 e. The molecular weight excluding hydrogens is 400 g/mol. The third kappa shape index (κ3) is 7.00. The maximum Gasteiger partial charge on any atom is 0.413 e. The highest BCUT2D eigenvalue weighted by atomic mass is 32.2. The van der Waals surface area contributed by atoms with E-state index in [0.717, 1.165) is 0 Å². The number of hydrogen-bond acceptors (Lipinski definition) is 7. The normalized spacial score (nSPS) is 10.9. The summed E-state index contributed by atoms with van der Waals surface area (Å²) in [5, 5.41) is 10.1. The van der Waals surface area contributed by atoms with Crippen LogP contribution in [0.4, 0.5) is 21.0 Å². The summed E-state index contributed by atoms with van der Waals surface area (Å²) in [5.74, 6) is 0.430. The zero-order valence-electron chi connectivity index (χ0n) is 14.2. The van der Waals surface area contributed by atoms with Crippen LogP contribution in [0.3, 0.4) is 0 Å². The molecule has 4 N–H and O–H groups in total. The highest BCUT2D eigenvalue weighted by molar-refractivity contribution is 7.91. The van der Waals surface area contributed by atoms with Crippen LogP contribution in [0.5, 0.6) is 0 Å². The highest BCUT2D eigenvalue weighted by Gasteiger charge is 2.15. The predicted molar refractivity (Wildman–Crippen MR) is 107 cm³/mol. The average Bonchev–Trinajstić information content (AvgIpc) is 2.61.